The quantitative estimate of drug-likeness (QED) is 0.402. The molecule has 1 fully saturated rings. The van der Waals surface area contributed by atoms with Crippen LogP contribution in [0.3, 0.4) is 0 Å². The first-order chi connectivity index (χ1) is 17.1. The van der Waals surface area contributed by atoms with Gasteiger partial charge in [-0.2, -0.15) is 0 Å². The molecule has 1 aromatic heterocycles. The molecule has 1 amide bonds. The van der Waals surface area contributed by atoms with Crippen LogP contribution in [0.4, 0.5) is 5.69 Å². The van der Waals surface area contributed by atoms with Crippen LogP contribution in [0.25, 0.3) is 0 Å². The van der Waals surface area contributed by atoms with Crippen LogP contribution >= 0.6 is 0 Å². The maximum atomic E-state index is 12.8. The van der Waals surface area contributed by atoms with Gasteiger partial charge in [-0.05, 0) is 42.5 Å². The van der Waals surface area contributed by atoms with Crippen molar-refractivity contribution in [3.05, 3.63) is 77.6 Å². The molecular weight excluding hydrogens is 442 g/mol. The molecule has 0 saturated carbocycles. The lowest BCUT2D eigenvalue weighted by Crippen LogP contribution is -2.38. The van der Waals surface area contributed by atoms with Crippen LogP contribution in [0.2, 0.25) is 0 Å². The fourth-order valence-electron chi connectivity index (χ4n) is 4.39. The second-order valence-corrected chi connectivity index (χ2v) is 9.07. The number of Topliss-reactive ketones (excluding diaryl/α,β-unsaturated/α-hetero) is 1. The van der Waals surface area contributed by atoms with Gasteiger partial charge in [-0.1, -0.05) is 47.7 Å². The van der Waals surface area contributed by atoms with Crippen molar-refractivity contribution < 1.29 is 14.3 Å². The number of hydrogen-bond acceptors (Lipinski definition) is 6. The number of benzene rings is 2. The van der Waals surface area contributed by atoms with Gasteiger partial charge in [-0.15, -0.1) is 5.10 Å². The molecule has 4 rings (SSSR count). The molecule has 3 aromatic rings. The molecule has 0 radical (unpaired) electrons. The minimum atomic E-state index is 0.0415. The molecule has 1 atom stereocenters. The van der Waals surface area contributed by atoms with Crippen molar-refractivity contribution in [1.29, 1.82) is 0 Å². The number of rotatable bonds is 12. The highest BCUT2D eigenvalue weighted by Crippen LogP contribution is 2.21. The number of aromatic nitrogens is 3. The fourth-order valence-corrected chi connectivity index (χ4v) is 4.39. The third-order valence-electron chi connectivity index (χ3n) is 6.33. The van der Waals surface area contributed by atoms with Gasteiger partial charge in [0.15, 0.2) is 0 Å². The zero-order valence-electron chi connectivity index (χ0n) is 20.0. The Bertz CT molecular complexity index is 1100. The smallest absolute Gasteiger partial charge is 0.223 e. The van der Waals surface area contributed by atoms with Crippen molar-refractivity contribution >= 4 is 17.4 Å². The van der Waals surface area contributed by atoms with E-state index in [2.05, 4.69) is 10.3 Å². The van der Waals surface area contributed by atoms with Crippen LogP contribution in [0.15, 0.2) is 60.8 Å². The molecule has 1 aliphatic heterocycles. The Balaban J connectivity index is 1.19. The summed E-state index contributed by atoms with van der Waals surface area (Å²) < 4.78 is 7.53. The van der Waals surface area contributed by atoms with Crippen molar-refractivity contribution in [3.63, 3.8) is 0 Å². The van der Waals surface area contributed by atoms with Crippen molar-refractivity contribution in [2.75, 3.05) is 12.3 Å². The predicted octanol–water partition coefficient (Wildman–Crippen LogP) is 3.55. The van der Waals surface area contributed by atoms with E-state index < -0.39 is 0 Å². The van der Waals surface area contributed by atoms with Crippen LogP contribution in [0.5, 0.6) is 0 Å². The molecule has 0 aliphatic carbocycles. The maximum Gasteiger partial charge on any atom is 0.223 e. The van der Waals surface area contributed by atoms with Gasteiger partial charge in [0.05, 0.1) is 32.0 Å². The molecule has 0 unspecified atom stereocenters. The molecule has 1 aliphatic rings. The number of carbonyl (C=O) groups excluding carboxylic acids is 2. The van der Waals surface area contributed by atoms with E-state index >= 15 is 0 Å². The van der Waals surface area contributed by atoms with Crippen molar-refractivity contribution in [2.45, 2.75) is 64.3 Å². The van der Waals surface area contributed by atoms with Gasteiger partial charge < -0.3 is 15.4 Å². The highest BCUT2D eigenvalue weighted by molar-refractivity contribution is 5.85. The molecule has 2 aromatic carbocycles. The van der Waals surface area contributed by atoms with E-state index in [0.29, 0.717) is 38.3 Å². The largest absolute Gasteiger partial charge is 0.399 e. The summed E-state index contributed by atoms with van der Waals surface area (Å²) in [5, 5.41) is 8.42. The minimum Gasteiger partial charge on any atom is -0.399 e. The number of hydrogen-bond donors (Lipinski definition) is 1. The summed E-state index contributed by atoms with van der Waals surface area (Å²) >= 11 is 0. The van der Waals surface area contributed by atoms with Crippen LogP contribution in [-0.4, -0.2) is 44.2 Å². The van der Waals surface area contributed by atoms with Crippen LogP contribution in [0, 0.1) is 0 Å². The lowest BCUT2D eigenvalue weighted by Gasteiger charge is -2.24. The SMILES string of the molecule is Nc1ccc(CCC(=O)CCC(=O)N2CCC[C@@H]2Cn2cc(COCc3ccccc3)nn2)cc1. The number of ether oxygens (including phenoxy) is 1. The number of likely N-dealkylation sites (tertiary alicyclic amines) is 1. The first kappa shape index (κ1) is 24.6. The zero-order valence-corrected chi connectivity index (χ0v) is 20.0. The molecule has 0 bridgehead atoms. The lowest BCUT2D eigenvalue weighted by molar-refractivity contribution is -0.134. The van der Waals surface area contributed by atoms with Crippen LogP contribution in [0.1, 0.15) is 48.9 Å². The van der Waals surface area contributed by atoms with E-state index in [1.54, 1.807) is 4.68 Å². The maximum absolute atomic E-state index is 12.8. The molecule has 2 N–H and O–H groups in total. The fraction of sp³-hybridized carbons (Fsp3) is 0.407. The Kier molecular flexibility index (Phi) is 8.62. The number of nitrogens with two attached hydrogens (primary N) is 1. The lowest BCUT2D eigenvalue weighted by atomic mass is 10.0. The highest BCUT2D eigenvalue weighted by atomic mass is 16.5. The Morgan fingerprint density at radius 3 is 2.57 bits per heavy atom. The third-order valence-corrected chi connectivity index (χ3v) is 6.33. The number of nitrogens with zero attached hydrogens (tertiary/aromatic N) is 4. The monoisotopic (exact) mass is 475 g/mol. The standard InChI is InChI=1S/C27H33N5O3/c28-23-11-8-21(9-12-23)10-13-26(33)14-15-27(34)32-16-4-7-25(32)18-31-17-24(29-30-31)20-35-19-22-5-2-1-3-6-22/h1-3,5-6,8-9,11-12,17,25H,4,7,10,13-16,18-20,28H2/t25-/m1/s1. The highest BCUT2D eigenvalue weighted by Gasteiger charge is 2.29. The summed E-state index contributed by atoms with van der Waals surface area (Å²) in [5.41, 5.74) is 9.37. The number of nitrogen functional groups attached to an aromatic ring is 1. The topological polar surface area (TPSA) is 103 Å². The zero-order chi connectivity index (χ0) is 24.5. The molecule has 184 valence electrons. The summed E-state index contributed by atoms with van der Waals surface area (Å²) in [7, 11) is 0. The van der Waals surface area contributed by atoms with Crippen LogP contribution < -0.4 is 5.73 Å². The number of ketones is 1. The van der Waals surface area contributed by atoms with Gasteiger partial charge in [0.1, 0.15) is 11.5 Å². The van der Waals surface area contributed by atoms with E-state index in [-0.39, 0.29) is 30.6 Å². The van der Waals surface area contributed by atoms with Gasteiger partial charge in [-0.3, -0.25) is 14.3 Å². The van der Waals surface area contributed by atoms with Crippen LogP contribution in [-0.2, 0) is 40.5 Å². The third kappa shape index (κ3) is 7.48. The molecule has 8 heteroatoms. The van der Waals surface area contributed by atoms with E-state index in [1.807, 2.05) is 65.7 Å². The van der Waals surface area contributed by atoms with Crippen molar-refractivity contribution in [2.24, 2.45) is 0 Å². The Morgan fingerprint density at radius 1 is 0.971 bits per heavy atom. The number of amides is 1. The minimum absolute atomic E-state index is 0.0415. The first-order valence-corrected chi connectivity index (χ1v) is 12.2. The van der Waals surface area contributed by atoms with E-state index in [1.165, 1.54) is 0 Å². The van der Waals surface area contributed by atoms with E-state index in [9.17, 15) is 9.59 Å². The number of aryl methyl sites for hydroxylation is 1. The normalized spacial score (nSPS) is 15.4. The molecule has 2 heterocycles. The summed E-state index contributed by atoms with van der Waals surface area (Å²) in [6, 6.07) is 17.6. The Morgan fingerprint density at radius 2 is 1.77 bits per heavy atom. The predicted molar refractivity (Wildman–Crippen MR) is 133 cm³/mol. The van der Waals surface area contributed by atoms with E-state index in [4.69, 9.17) is 10.5 Å². The summed E-state index contributed by atoms with van der Waals surface area (Å²) in [5.74, 6) is 0.155. The van der Waals surface area contributed by atoms with Gasteiger partial charge in [-0.25, -0.2) is 0 Å². The van der Waals surface area contributed by atoms with Crippen molar-refractivity contribution in [1.82, 2.24) is 19.9 Å². The van der Waals surface area contributed by atoms with Crippen molar-refractivity contribution in [3.8, 4) is 0 Å². The second-order valence-electron chi connectivity index (χ2n) is 9.07. The second kappa shape index (κ2) is 12.3. The average Bonchev–Trinajstić information content (AvgIpc) is 3.52. The summed E-state index contributed by atoms with van der Waals surface area (Å²) in [6.07, 6.45) is 5.42. The molecule has 35 heavy (non-hydrogen) atoms. The first-order valence-electron chi connectivity index (χ1n) is 12.2. The van der Waals surface area contributed by atoms with Gasteiger partial charge in [0.25, 0.3) is 0 Å². The number of carbonyl (C=O) groups is 2. The van der Waals surface area contributed by atoms with Gasteiger partial charge >= 0.3 is 0 Å². The van der Waals surface area contributed by atoms with E-state index in [0.717, 1.165) is 36.2 Å². The summed E-state index contributed by atoms with van der Waals surface area (Å²) in [4.78, 5) is 27.1. The average molecular weight is 476 g/mol. The Hall–Kier alpha value is -3.52. The number of anilines is 1. The Labute approximate surface area is 206 Å². The molecule has 8 nitrogen and oxygen atoms in total. The molecular formula is C27H33N5O3. The van der Waals surface area contributed by atoms with Gasteiger partial charge in [0.2, 0.25) is 5.91 Å². The summed E-state index contributed by atoms with van der Waals surface area (Å²) in [6.45, 7) is 2.24. The molecule has 1 saturated heterocycles. The molecule has 0 spiro atoms. The van der Waals surface area contributed by atoms with Gasteiger partial charge in [0, 0.05) is 31.5 Å².